The zero-order chi connectivity index (χ0) is 8.97. The van der Waals surface area contributed by atoms with Gasteiger partial charge in [-0.25, -0.2) is 4.39 Å². The third kappa shape index (κ3) is 2.16. The second-order valence-corrected chi connectivity index (χ2v) is 2.79. The molecule has 0 saturated heterocycles. The highest BCUT2D eigenvalue weighted by Gasteiger charge is 1.97. The van der Waals surface area contributed by atoms with Gasteiger partial charge in [0.15, 0.2) is 0 Å². The average molecular weight is 166 g/mol. The van der Waals surface area contributed by atoms with Gasteiger partial charge in [-0.15, -0.1) is 0 Å². The van der Waals surface area contributed by atoms with E-state index in [-0.39, 0.29) is 5.82 Å². The molecule has 12 heavy (non-hydrogen) atoms. The van der Waals surface area contributed by atoms with Crippen molar-refractivity contribution in [3.8, 4) is 0 Å². The van der Waals surface area contributed by atoms with Crippen molar-refractivity contribution in [2.75, 3.05) is 0 Å². The minimum atomic E-state index is -0.190. The lowest BCUT2D eigenvalue weighted by atomic mass is 10.1. The van der Waals surface area contributed by atoms with Crippen LogP contribution in [0.5, 0.6) is 0 Å². The number of carbonyl (C=O) groups is 1. The molecule has 0 aliphatic rings. The van der Waals surface area contributed by atoms with Gasteiger partial charge >= 0.3 is 0 Å². The molecule has 1 aromatic carbocycles. The summed E-state index contributed by atoms with van der Waals surface area (Å²) in [6.45, 7) is 1.72. The highest BCUT2D eigenvalue weighted by molar-refractivity contribution is 5.50. The second-order valence-electron chi connectivity index (χ2n) is 2.79. The Balaban J connectivity index is 2.75. The number of halogens is 1. The zero-order valence-electron chi connectivity index (χ0n) is 7.01. The molecule has 0 unspecified atom stereocenters. The van der Waals surface area contributed by atoms with Crippen LogP contribution >= 0.6 is 0 Å². The summed E-state index contributed by atoms with van der Waals surface area (Å²) in [6.07, 6.45) is 2.08. The molecule has 0 atom stereocenters. The van der Waals surface area contributed by atoms with Crippen LogP contribution < -0.4 is 0 Å². The molecule has 1 rings (SSSR count). The molecule has 0 aliphatic carbocycles. The van der Waals surface area contributed by atoms with Crippen molar-refractivity contribution in [2.24, 2.45) is 0 Å². The van der Waals surface area contributed by atoms with Gasteiger partial charge in [-0.3, -0.25) is 0 Å². The minimum absolute atomic E-state index is 0.190. The van der Waals surface area contributed by atoms with E-state index in [2.05, 4.69) is 0 Å². The minimum Gasteiger partial charge on any atom is -0.303 e. The summed E-state index contributed by atoms with van der Waals surface area (Å²) in [7, 11) is 0. The summed E-state index contributed by atoms with van der Waals surface area (Å²) in [4.78, 5) is 10.1. The normalized spacial score (nSPS) is 9.83. The van der Waals surface area contributed by atoms with E-state index in [9.17, 15) is 9.18 Å². The van der Waals surface area contributed by atoms with Crippen LogP contribution in [0.2, 0.25) is 0 Å². The van der Waals surface area contributed by atoms with Crippen molar-refractivity contribution in [3.63, 3.8) is 0 Å². The summed E-state index contributed by atoms with van der Waals surface area (Å²) in [6, 6.07) is 4.93. The molecule has 0 aliphatic heterocycles. The number of carbonyl (C=O) groups excluding carboxylic acids is 1. The van der Waals surface area contributed by atoms with Crippen LogP contribution in [0, 0.1) is 12.7 Å². The van der Waals surface area contributed by atoms with Crippen molar-refractivity contribution >= 4 is 6.29 Å². The van der Waals surface area contributed by atoms with Gasteiger partial charge in [-0.2, -0.15) is 0 Å². The highest BCUT2D eigenvalue weighted by Crippen LogP contribution is 2.10. The molecule has 0 amide bonds. The second kappa shape index (κ2) is 4.00. The molecule has 0 bridgehead atoms. The van der Waals surface area contributed by atoms with Gasteiger partial charge in [-0.1, -0.05) is 12.1 Å². The van der Waals surface area contributed by atoms with E-state index in [0.717, 1.165) is 11.8 Å². The topological polar surface area (TPSA) is 17.1 Å². The van der Waals surface area contributed by atoms with Crippen LogP contribution in [0.1, 0.15) is 17.5 Å². The van der Waals surface area contributed by atoms with Gasteiger partial charge < -0.3 is 4.79 Å². The largest absolute Gasteiger partial charge is 0.303 e. The zero-order valence-corrected chi connectivity index (χ0v) is 7.01. The van der Waals surface area contributed by atoms with Crippen LogP contribution in [-0.2, 0) is 11.2 Å². The van der Waals surface area contributed by atoms with Crippen molar-refractivity contribution in [3.05, 3.63) is 35.1 Å². The highest BCUT2D eigenvalue weighted by atomic mass is 19.1. The third-order valence-corrected chi connectivity index (χ3v) is 1.77. The molecule has 0 aromatic heterocycles. The Morgan fingerprint density at radius 3 is 2.83 bits per heavy atom. The first-order chi connectivity index (χ1) is 5.74. The number of benzene rings is 1. The predicted octanol–water partition coefficient (Wildman–Crippen LogP) is 2.27. The number of aldehydes is 1. The number of hydrogen-bond acceptors (Lipinski definition) is 1. The molecule has 0 N–H and O–H groups in total. The lowest BCUT2D eigenvalue weighted by molar-refractivity contribution is -0.107. The number of hydrogen-bond donors (Lipinski definition) is 0. The molecule has 0 spiro atoms. The van der Waals surface area contributed by atoms with Gasteiger partial charge in [-0.05, 0) is 30.5 Å². The Bertz CT molecular complexity index is 281. The van der Waals surface area contributed by atoms with Crippen molar-refractivity contribution in [2.45, 2.75) is 19.8 Å². The summed E-state index contributed by atoms with van der Waals surface area (Å²) in [5.74, 6) is -0.190. The standard InChI is InChI=1S/C10H11FO/c1-8-7-9(3-2-6-12)4-5-10(8)11/h4-7H,2-3H2,1H3. The van der Waals surface area contributed by atoms with E-state index in [0.29, 0.717) is 18.4 Å². The van der Waals surface area contributed by atoms with E-state index in [1.807, 2.05) is 0 Å². The lowest BCUT2D eigenvalue weighted by Gasteiger charge is -2.00. The smallest absolute Gasteiger partial charge is 0.126 e. The fourth-order valence-electron chi connectivity index (χ4n) is 1.09. The first-order valence-electron chi connectivity index (χ1n) is 3.92. The Kier molecular flexibility index (Phi) is 2.97. The first kappa shape index (κ1) is 8.91. The Morgan fingerprint density at radius 1 is 1.50 bits per heavy atom. The number of rotatable bonds is 3. The van der Waals surface area contributed by atoms with Gasteiger partial charge in [0, 0.05) is 6.42 Å². The van der Waals surface area contributed by atoms with Crippen molar-refractivity contribution in [1.29, 1.82) is 0 Å². The summed E-state index contributed by atoms with van der Waals surface area (Å²) >= 11 is 0. The summed E-state index contributed by atoms with van der Waals surface area (Å²) < 4.78 is 12.8. The van der Waals surface area contributed by atoms with Gasteiger partial charge in [0.1, 0.15) is 12.1 Å². The maximum absolute atomic E-state index is 12.8. The molecule has 1 nitrogen and oxygen atoms in total. The molecule has 0 radical (unpaired) electrons. The molecular weight excluding hydrogens is 155 g/mol. The third-order valence-electron chi connectivity index (χ3n) is 1.77. The lowest BCUT2D eigenvalue weighted by Crippen LogP contribution is -1.89. The Hall–Kier alpha value is -1.18. The summed E-state index contributed by atoms with van der Waals surface area (Å²) in [5, 5.41) is 0. The molecule has 1 aromatic rings. The molecule has 2 heteroatoms. The monoisotopic (exact) mass is 166 g/mol. The van der Waals surface area contributed by atoms with E-state index in [1.165, 1.54) is 6.07 Å². The van der Waals surface area contributed by atoms with Crippen LogP contribution in [0.15, 0.2) is 18.2 Å². The summed E-state index contributed by atoms with van der Waals surface area (Å²) in [5.41, 5.74) is 1.65. The maximum Gasteiger partial charge on any atom is 0.126 e. The van der Waals surface area contributed by atoms with Crippen LogP contribution in [0.4, 0.5) is 4.39 Å². The average Bonchev–Trinajstić information content (AvgIpc) is 2.07. The van der Waals surface area contributed by atoms with Crippen molar-refractivity contribution in [1.82, 2.24) is 0 Å². The molecular formula is C10H11FO. The van der Waals surface area contributed by atoms with Gasteiger partial charge in [0.2, 0.25) is 0 Å². The Labute approximate surface area is 71.2 Å². The van der Waals surface area contributed by atoms with E-state index in [1.54, 1.807) is 19.1 Å². The SMILES string of the molecule is Cc1cc(CCC=O)ccc1F. The predicted molar refractivity (Wildman–Crippen MR) is 45.5 cm³/mol. The fraction of sp³-hybridized carbons (Fsp3) is 0.300. The number of aryl methyl sites for hydroxylation is 2. The van der Waals surface area contributed by atoms with E-state index < -0.39 is 0 Å². The Morgan fingerprint density at radius 2 is 2.25 bits per heavy atom. The van der Waals surface area contributed by atoms with E-state index in [4.69, 9.17) is 0 Å². The first-order valence-corrected chi connectivity index (χ1v) is 3.92. The quantitative estimate of drug-likeness (QED) is 0.629. The van der Waals surface area contributed by atoms with Crippen LogP contribution in [-0.4, -0.2) is 6.29 Å². The van der Waals surface area contributed by atoms with Gasteiger partial charge in [0.05, 0.1) is 0 Å². The van der Waals surface area contributed by atoms with Crippen LogP contribution in [0.25, 0.3) is 0 Å². The molecule has 0 fully saturated rings. The van der Waals surface area contributed by atoms with Gasteiger partial charge in [0.25, 0.3) is 0 Å². The van der Waals surface area contributed by atoms with Crippen molar-refractivity contribution < 1.29 is 9.18 Å². The van der Waals surface area contributed by atoms with Crippen LogP contribution in [0.3, 0.4) is 0 Å². The molecule has 64 valence electrons. The molecule has 0 heterocycles. The molecule has 0 saturated carbocycles. The maximum atomic E-state index is 12.8. The van der Waals surface area contributed by atoms with E-state index >= 15 is 0 Å². The fourth-order valence-corrected chi connectivity index (χ4v) is 1.09.